The van der Waals surface area contributed by atoms with Gasteiger partial charge in [-0.25, -0.2) is 0 Å². The summed E-state index contributed by atoms with van der Waals surface area (Å²) in [7, 11) is 2.15. The molecule has 2 aromatic carbocycles. The van der Waals surface area contributed by atoms with E-state index in [2.05, 4.69) is 82.8 Å². The lowest BCUT2D eigenvalue weighted by Crippen LogP contribution is -2.39. The first-order valence-corrected chi connectivity index (χ1v) is 7.36. The Bertz CT molecular complexity index is 1020. The van der Waals surface area contributed by atoms with Crippen molar-refractivity contribution in [2.45, 2.75) is 13.0 Å². The summed E-state index contributed by atoms with van der Waals surface area (Å²) in [6.07, 6.45) is 4.28. The van der Waals surface area contributed by atoms with Crippen molar-refractivity contribution in [3.63, 3.8) is 0 Å². The monoisotopic (exact) mass is 274 g/mol. The van der Waals surface area contributed by atoms with Crippen molar-refractivity contribution in [2.75, 3.05) is 0 Å². The fourth-order valence-electron chi connectivity index (χ4n) is 3.76. The topological polar surface area (TPSA) is 13.7 Å². The molecule has 3 nitrogen and oxygen atoms in total. The molecular weight excluding hydrogens is 258 g/mol. The standard InChI is InChI=1S/C18H16N3/c1-12-14-10-15-13-6-3-4-7-16(13)19(2)17(15)11-18(14)21-9-5-8-20(12)21/h3-12H,1-2H3/q+1. The third-order valence-corrected chi connectivity index (χ3v) is 4.87. The molecule has 5 rings (SSSR count). The molecule has 1 atom stereocenters. The zero-order valence-electron chi connectivity index (χ0n) is 12.1. The van der Waals surface area contributed by atoms with E-state index in [0.29, 0.717) is 6.04 Å². The van der Waals surface area contributed by atoms with Gasteiger partial charge in [-0.05, 0) is 18.2 Å². The number of para-hydroxylation sites is 1. The minimum absolute atomic E-state index is 0.387. The highest BCUT2D eigenvalue weighted by molar-refractivity contribution is 6.08. The predicted molar refractivity (Wildman–Crippen MR) is 83.8 cm³/mol. The molecule has 0 amide bonds. The summed E-state index contributed by atoms with van der Waals surface area (Å²) in [5.41, 5.74) is 5.29. The van der Waals surface area contributed by atoms with Gasteiger partial charge in [-0.3, -0.25) is 0 Å². The van der Waals surface area contributed by atoms with Crippen molar-refractivity contribution in [3.05, 3.63) is 60.4 Å². The van der Waals surface area contributed by atoms with Crippen LogP contribution >= 0.6 is 0 Å². The van der Waals surface area contributed by atoms with Crippen LogP contribution in [0, 0.1) is 0 Å². The summed E-state index contributed by atoms with van der Waals surface area (Å²) in [5.74, 6) is 0. The van der Waals surface area contributed by atoms with Gasteiger partial charge in [0.25, 0.3) is 0 Å². The van der Waals surface area contributed by atoms with Gasteiger partial charge in [-0.15, -0.1) is 9.36 Å². The van der Waals surface area contributed by atoms with E-state index >= 15 is 0 Å². The molecule has 102 valence electrons. The smallest absolute Gasteiger partial charge is 0.206 e. The molecule has 1 aliphatic rings. The zero-order valence-corrected chi connectivity index (χ0v) is 12.1. The van der Waals surface area contributed by atoms with Gasteiger partial charge in [0.15, 0.2) is 6.20 Å². The quantitative estimate of drug-likeness (QED) is 0.437. The van der Waals surface area contributed by atoms with E-state index in [1.165, 1.54) is 33.1 Å². The molecule has 0 fully saturated rings. The van der Waals surface area contributed by atoms with E-state index in [1.807, 2.05) is 0 Å². The van der Waals surface area contributed by atoms with E-state index in [-0.39, 0.29) is 0 Å². The maximum Gasteiger partial charge on any atom is 0.206 e. The van der Waals surface area contributed by atoms with Crippen LogP contribution in [0.25, 0.3) is 27.5 Å². The summed E-state index contributed by atoms with van der Waals surface area (Å²) < 4.78 is 6.82. The highest BCUT2D eigenvalue weighted by Gasteiger charge is 2.33. The van der Waals surface area contributed by atoms with Crippen molar-refractivity contribution in [3.8, 4) is 5.69 Å². The molecule has 2 aromatic heterocycles. The van der Waals surface area contributed by atoms with Gasteiger partial charge in [0.1, 0.15) is 5.69 Å². The molecule has 0 saturated heterocycles. The highest BCUT2D eigenvalue weighted by Crippen LogP contribution is 2.35. The van der Waals surface area contributed by atoms with Crippen LogP contribution in [0.15, 0.2) is 54.9 Å². The van der Waals surface area contributed by atoms with Crippen molar-refractivity contribution in [1.29, 1.82) is 0 Å². The molecule has 0 radical (unpaired) electrons. The van der Waals surface area contributed by atoms with E-state index in [9.17, 15) is 0 Å². The number of rotatable bonds is 0. The molecule has 1 unspecified atom stereocenters. The summed E-state index contributed by atoms with van der Waals surface area (Å²) in [4.78, 5) is 0. The normalized spacial score (nSPS) is 16.6. The van der Waals surface area contributed by atoms with E-state index < -0.39 is 0 Å². The minimum atomic E-state index is 0.387. The van der Waals surface area contributed by atoms with Gasteiger partial charge >= 0.3 is 0 Å². The summed E-state index contributed by atoms with van der Waals surface area (Å²) in [5, 5.41) is 2.69. The zero-order chi connectivity index (χ0) is 14.1. The summed E-state index contributed by atoms with van der Waals surface area (Å²) >= 11 is 0. The fraction of sp³-hybridized carbons (Fsp3) is 0.167. The van der Waals surface area contributed by atoms with Gasteiger partial charge in [0.2, 0.25) is 6.04 Å². The molecule has 0 aliphatic carbocycles. The van der Waals surface area contributed by atoms with Gasteiger partial charge in [0.05, 0.1) is 17.3 Å². The Balaban J connectivity index is 1.97. The third kappa shape index (κ3) is 1.22. The van der Waals surface area contributed by atoms with E-state index in [4.69, 9.17) is 0 Å². The number of fused-ring (bicyclic) bond motifs is 6. The van der Waals surface area contributed by atoms with Crippen LogP contribution in [0.4, 0.5) is 0 Å². The Morgan fingerprint density at radius 3 is 2.76 bits per heavy atom. The van der Waals surface area contributed by atoms with Crippen LogP contribution in [0.2, 0.25) is 0 Å². The first-order valence-electron chi connectivity index (χ1n) is 7.36. The first kappa shape index (κ1) is 11.1. The van der Waals surface area contributed by atoms with Crippen molar-refractivity contribution in [2.24, 2.45) is 7.05 Å². The van der Waals surface area contributed by atoms with Crippen molar-refractivity contribution < 1.29 is 4.68 Å². The number of hydrogen-bond donors (Lipinski definition) is 0. The number of aryl methyl sites for hydroxylation is 1. The lowest BCUT2D eigenvalue weighted by atomic mass is 10.0. The van der Waals surface area contributed by atoms with Crippen molar-refractivity contribution >= 4 is 21.8 Å². The van der Waals surface area contributed by atoms with Crippen LogP contribution in [-0.2, 0) is 7.05 Å². The van der Waals surface area contributed by atoms with Crippen LogP contribution in [0.3, 0.4) is 0 Å². The Labute approximate surface area is 122 Å². The second-order valence-corrected chi connectivity index (χ2v) is 5.90. The first-order chi connectivity index (χ1) is 10.3. The molecule has 0 saturated carbocycles. The molecule has 3 heteroatoms. The lowest BCUT2D eigenvalue weighted by Gasteiger charge is -2.01. The second-order valence-electron chi connectivity index (χ2n) is 5.90. The molecule has 4 aromatic rings. The van der Waals surface area contributed by atoms with E-state index in [1.54, 1.807) is 0 Å². The molecule has 0 bridgehead atoms. The Morgan fingerprint density at radius 1 is 1.00 bits per heavy atom. The number of nitrogens with zero attached hydrogens (tertiary/aromatic N) is 3. The molecular formula is C18H16N3+. The number of benzene rings is 2. The Hall–Kier alpha value is -2.55. The average molecular weight is 274 g/mol. The molecule has 1 aliphatic heterocycles. The lowest BCUT2D eigenvalue weighted by molar-refractivity contribution is -0.770. The second kappa shape index (κ2) is 3.55. The van der Waals surface area contributed by atoms with Gasteiger partial charge in [-0.2, -0.15) is 0 Å². The van der Waals surface area contributed by atoms with Gasteiger partial charge in [-0.1, -0.05) is 18.2 Å². The minimum Gasteiger partial charge on any atom is -0.344 e. The van der Waals surface area contributed by atoms with Crippen LogP contribution in [-0.4, -0.2) is 9.25 Å². The number of hydrogen-bond acceptors (Lipinski definition) is 0. The maximum atomic E-state index is 2.37. The SMILES string of the molecule is CC1c2cc3c4ccccc4n(C)c3cc2-n2ccc[n+]21. The van der Waals surface area contributed by atoms with Crippen LogP contribution in [0.1, 0.15) is 18.5 Å². The van der Waals surface area contributed by atoms with Gasteiger partial charge in [0, 0.05) is 36.3 Å². The largest absolute Gasteiger partial charge is 0.344 e. The summed E-state index contributed by atoms with van der Waals surface area (Å²) in [6.45, 7) is 2.26. The number of aromatic nitrogens is 3. The van der Waals surface area contributed by atoms with Crippen LogP contribution in [0.5, 0.6) is 0 Å². The molecule has 3 heterocycles. The average Bonchev–Trinajstić information content (AvgIpc) is 3.16. The fourth-order valence-corrected chi connectivity index (χ4v) is 3.76. The molecule has 0 N–H and O–H groups in total. The summed E-state index contributed by atoms with van der Waals surface area (Å²) in [6, 6.07) is 15.8. The van der Waals surface area contributed by atoms with Crippen LogP contribution < -0.4 is 4.68 Å². The Kier molecular flexibility index (Phi) is 1.89. The van der Waals surface area contributed by atoms with Gasteiger partial charge < -0.3 is 4.57 Å². The molecule has 0 spiro atoms. The predicted octanol–water partition coefficient (Wildman–Crippen LogP) is 3.33. The highest BCUT2D eigenvalue weighted by atomic mass is 15.4. The third-order valence-electron chi connectivity index (χ3n) is 4.87. The molecule has 21 heavy (non-hydrogen) atoms. The van der Waals surface area contributed by atoms with E-state index in [0.717, 1.165) is 0 Å². The van der Waals surface area contributed by atoms with Crippen molar-refractivity contribution in [1.82, 2.24) is 9.25 Å². The maximum absolute atomic E-state index is 2.37. The Morgan fingerprint density at radius 2 is 1.86 bits per heavy atom.